The van der Waals surface area contributed by atoms with E-state index in [4.69, 9.17) is 13.8 Å². The molecule has 0 aliphatic heterocycles. The minimum Gasteiger partial charge on any atom is -0.463 e. The van der Waals surface area contributed by atoms with E-state index in [0.29, 0.717) is 6.42 Å². The number of phosphoric ester groups is 1. The molecule has 0 aromatic heterocycles. The molecule has 39 heavy (non-hydrogen) atoms. The molecular weight excluding hydrogens is 521 g/mol. The van der Waals surface area contributed by atoms with Gasteiger partial charge in [-0.05, 0) is 38.5 Å². The fraction of sp³-hybridized carbons (Fsp3) is 0.862. The van der Waals surface area contributed by atoms with Gasteiger partial charge in [-0.2, -0.15) is 0 Å². The van der Waals surface area contributed by atoms with Crippen molar-refractivity contribution in [2.24, 2.45) is 0 Å². The molecule has 0 bridgehead atoms. The van der Waals surface area contributed by atoms with Crippen LogP contribution in [0.1, 0.15) is 129 Å². The van der Waals surface area contributed by atoms with Crippen LogP contribution in [0.4, 0.5) is 0 Å². The van der Waals surface area contributed by atoms with Crippen LogP contribution in [0.15, 0.2) is 12.2 Å². The van der Waals surface area contributed by atoms with Crippen LogP contribution < -0.4 is 5.32 Å². The standard InChI is InChI=1S/C29H56NO8P/c1-3-5-7-9-10-11-12-13-14-15-16-17-18-20-22-29(33)36-25-27(31)26-38-39(34,35)37-24-23-30-28(32)21-19-8-6-4-2/h12-13,27,31H,3-11,14-26H2,1-2H3,(H,30,32)(H,34,35)/b13-12-. The number of hydrogen-bond acceptors (Lipinski definition) is 7. The number of aliphatic hydroxyl groups is 1. The van der Waals surface area contributed by atoms with Crippen molar-refractivity contribution in [1.82, 2.24) is 5.32 Å². The maximum Gasteiger partial charge on any atom is 0.472 e. The number of amides is 1. The SMILES string of the molecule is CCCCCCC/C=C\CCCCCCCC(=O)OCC(O)COP(=O)(O)OCCNC(=O)CCCCCC. The van der Waals surface area contributed by atoms with Crippen molar-refractivity contribution in [2.75, 3.05) is 26.4 Å². The average Bonchev–Trinajstić information content (AvgIpc) is 2.91. The minimum atomic E-state index is -4.39. The Morgan fingerprint density at radius 1 is 0.769 bits per heavy atom. The van der Waals surface area contributed by atoms with E-state index in [2.05, 4.69) is 31.3 Å². The highest BCUT2D eigenvalue weighted by atomic mass is 31.2. The van der Waals surface area contributed by atoms with Crippen molar-refractivity contribution in [3.8, 4) is 0 Å². The summed E-state index contributed by atoms with van der Waals surface area (Å²) in [5.74, 6) is -0.545. The number of nitrogens with one attached hydrogen (secondary N) is 1. The fourth-order valence-electron chi connectivity index (χ4n) is 3.84. The number of unbranched alkanes of at least 4 members (excludes halogenated alkanes) is 13. The molecule has 3 N–H and O–H groups in total. The highest BCUT2D eigenvalue weighted by Gasteiger charge is 2.23. The van der Waals surface area contributed by atoms with Gasteiger partial charge in [-0.3, -0.25) is 18.6 Å². The van der Waals surface area contributed by atoms with Crippen LogP contribution in [0.25, 0.3) is 0 Å². The van der Waals surface area contributed by atoms with Crippen molar-refractivity contribution in [1.29, 1.82) is 0 Å². The largest absolute Gasteiger partial charge is 0.472 e. The number of aliphatic hydroxyl groups excluding tert-OH is 1. The van der Waals surface area contributed by atoms with E-state index >= 15 is 0 Å². The summed E-state index contributed by atoms with van der Waals surface area (Å²) in [7, 11) is -4.39. The van der Waals surface area contributed by atoms with Crippen molar-refractivity contribution in [3.05, 3.63) is 12.2 Å². The molecule has 0 aliphatic carbocycles. The highest BCUT2D eigenvalue weighted by molar-refractivity contribution is 7.47. The van der Waals surface area contributed by atoms with E-state index < -0.39 is 26.5 Å². The molecule has 0 saturated carbocycles. The average molecular weight is 578 g/mol. The summed E-state index contributed by atoms with van der Waals surface area (Å²) in [5.41, 5.74) is 0. The minimum absolute atomic E-state index is 0.0803. The molecule has 0 rings (SSSR count). The molecule has 2 unspecified atom stereocenters. The Kier molecular flexibility index (Phi) is 26.1. The Labute approximate surface area is 237 Å². The van der Waals surface area contributed by atoms with Crippen molar-refractivity contribution in [3.63, 3.8) is 0 Å². The third kappa shape index (κ3) is 28.1. The molecule has 0 aromatic rings. The number of ether oxygens (including phenoxy) is 1. The molecule has 0 radical (unpaired) electrons. The molecule has 0 aliphatic rings. The number of phosphoric acid groups is 1. The van der Waals surface area contributed by atoms with Crippen molar-refractivity contribution >= 4 is 19.7 Å². The monoisotopic (exact) mass is 577 g/mol. The van der Waals surface area contributed by atoms with Gasteiger partial charge in [0, 0.05) is 19.4 Å². The molecule has 0 fully saturated rings. The molecule has 0 aromatic carbocycles. The summed E-state index contributed by atoms with van der Waals surface area (Å²) < 4.78 is 26.4. The second-order valence-electron chi connectivity index (χ2n) is 10.1. The Balaban J connectivity index is 3.65. The lowest BCUT2D eigenvalue weighted by atomic mass is 10.1. The number of allylic oxidation sites excluding steroid dienone is 2. The molecule has 0 heterocycles. The van der Waals surface area contributed by atoms with E-state index in [1.165, 1.54) is 38.5 Å². The highest BCUT2D eigenvalue weighted by Crippen LogP contribution is 2.42. The summed E-state index contributed by atoms with van der Waals surface area (Å²) in [6.45, 7) is 3.37. The molecular formula is C29H56NO8P. The van der Waals surface area contributed by atoms with E-state index in [-0.39, 0.29) is 32.1 Å². The Hall–Kier alpha value is -1.25. The van der Waals surface area contributed by atoms with Gasteiger partial charge < -0.3 is 20.1 Å². The second kappa shape index (κ2) is 26.9. The van der Waals surface area contributed by atoms with Gasteiger partial charge in [0.15, 0.2) is 0 Å². The van der Waals surface area contributed by atoms with Gasteiger partial charge in [-0.1, -0.05) is 90.2 Å². The van der Waals surface area contributed by atoms with Gasteiger partial charge in [0.2, 0.25) is 5.91 Å². The maximum absolute atomic E-state index is 11.9. The third-order valence-electron chi connectivity index (χ3n) is 6.20. The zero-order valence-corrected chi connectivity index (χ0v) is 25.5. The van der Waals surface area contributed by atoms with Crippen LogP contribution in [-0.4, -0.2) is 54.3 Å². The smallest absolute Gasteiger partial charge is 0.463 e. The lowest BCUT2D eigenvalue weighted by Crippen LogP contribution is -2.27. The number of rotatable bonds is 28. The number of hydrogen-bond donors (Lipinski definition) is 3. The molecule has 230 valence electrons. The van der Waals surface area contributed by atoms with Crippen molar-refractivity contribution in [2.45, 2.75) is 136 Å². The Bertz CT molecular complexity index is 674. The quantitative estimate of drug-likeness (QED) is 0.0402. The van der Waals surface area contributed by atoms with Gasteiger partial charge in [0.1, 0.15) is 12.7 Å². The molecule has 2 atom stereocenters. The van der Waals surface area contributed by atoms with Crippen LogP contribution in [0.3, 0.4) is 0 Å². The zero-order valence-electron chi connectivity index (χ0n) is 24.6. The van der Waals surface area contributed by atoms with Crippen LogP contribution in [0.2, 0.25) is 0 Å². The second-order valence-corrected chi connectivity index (χ2v) is 11.5. The fourth-order valence-corrected chi connectivity index (χ4v) is 4.60. The zero-order chi connectivity index (χ0) is 29.0. The molecule has 0 spiro atoms. The van der Waals surface area contributed by atoms with Gasteiger partial charge in [0.05, 0.1) is 13.2 Å². The molecule has 1 amide bonds. The van der Waals surface area contributed by atoms with Gasteiger partial charge in [-0.25, -0.2) is 4.57 Å². The van der Waals surface area contributed by atoms with Crippen LogP contribution in [0, 0.1) is 0 Å². The van der Waals surface area contributed by atoms with Crippen LogP contribution >= 0.6 is 7.82 Å². The number of carbonyl (C=O) groups is 2. The Morgan fingerprint density at radius 2 is 1.31 bits per heavy atom. The van der Waals surface area contributed by atoms with Crippen molar-refractivity contribution < 1.29 is 37.9 Å². The first kappa shape index (κ1) is 37.8. The maximum atomic E-state index is 11.9. The molecule has 10 heteroatoms. The molecule has 0 saturated heterocycles. The predicted molar refractivity (Wildman–Crippen MR) is 155 cm³/mol. The topological polar surface area (TPSA) is 131 Å². The lowest BCUT2D eigenvalue weighted by molar-refractivity contribution is -0.147. The van der Waals surface area contributed by atoms with E-state index in [9.17, 15) is 24.2 Å². The normalized spacial score (nSPS) is 13.8. The first-order valence-corrected chi connectivity index (χ1v) is 16.7. The predicted octanol–water partition coefficient (Wildman–Crippen LogP) is 6.76. The summed E-state index contributed by atoms with van der Waals surface area (Å²) in [6, 6.07) is 0. The Morgan fingerprint density at radius 3 is 1.95 bits per heavy atom. The van der Waals surface area contributed by atoms with E-state index in [1.54, 1.807) is 0 Å². The van der Waals surface area contributed by atoms with Crippen LogP contribution in [-0.2, 0) is 27.9 Å². The number of carbonyl (C=O) groups excluding carboxylic acids is 2. The van der Waals surface area contributed by atoms with Gasteiger partial charge in [0.25, 0.3) is 0 Å². The third-order valence-corrected chi connectivity index (χ3v) is 7.18. The summed E-state index contributed by atoms with van der Waals surface area (Å²) >= 11 is 0. The lowest BCUT2D eigenvalue weighted by Gasteiger charge is -2.15. The summed E-state index contributed by atoms with van der Waals surface area (Å²) in [4.78, 5) is 33.2. The first-order valence-electron chi connectivity index (χ1n) is 15.2. The number of esters is 1. The van der Waals surface area contributed by atoms with E-state index in [0.717, 1.165) is 64.2 Å². The van der Waals surface area contributed by atoms with Crippen LogP contribution in [0.5, 0.6) is 0 Å². The first-order chi connectivity index (χ1) is 18.8. The van der Waals surface area contributed by atoms with Gasteiger partial charge >= 0.3 is 13.8 Å². The summed E-state index contributed by atoms with van der Waals surface area (Å²) in [5, 5.41) is 12.5. The van der Waals surface area contributed by atoms with Gasteiger partial charge in [-0.15, -0.1) is 0 Å². The molecule has 9 nitrogen and oxygen atoms in total. The summed E-state index contributed by atoms with van der Waals surface area (Å²) in [6.07, 6.45) is 21.9. The van der Waals surface area contributed by atoms with E-state index in [1.807, 2.05) is 0 Å².